The van der Waals surface area contributed by atoms with Crippen LogP contribution in [-0.4, -0.2) is 19.2 Å². The largest absolute Gasteiger partial charge is 0.493 e. The first-order valence-corrected chi connectivity index (χ1v) is 10.7. The topological polar surface area (TPSA) is 59.9 Å². The standard InChI is InChI=1S/C25H25BrN2O3/c1-17-9-10-18(2)21(11-17)14-24(29)28-27-15-20-12-22(26)25(23(13-20)30-3)31-16-19-7-5-4-6-8-19/h4-13,15H,14,16H2,1-3H3,(H,28,29)/b27-15+. The Kier molecular flexibility index (Phi) is 7.84. The number of hydrogen-bond donors (Lipinski definition) is 1. The Labute approximate surface area is 191 Å². The molecule has 0 aliphatic heterocycles. The van der Waals surface area contributed by atoms with Gasteiger partial charge in [0.1, 0.15) is 6.61 Å². The SMILES string of the molecule is COc1cc(/C=N/NC(=O)Cc2cc(C)ccc2C)cc(Br)c1OCc1ccccc1. The molecule has 3 aromatic carbocycles. The number of rotatable bonds is 8. The van der Waals surface area contributed by atoms with E-state index in [1.807, 2.05) is 74.5 Å². The third-order valence-electron chi connectivity index (χ3n) is 4.74. The van der Waals surface area contributed by atoms with E-state index in [1.54, 1.807) is 13.3 Å². The highest BCUT2D eigenvalue weighted by Gasteiger charge is 2.12. The number of benzene rings is 3. The summed E-state index contributed by atoms with van der Waals surface area (Å²) in [5.74, 6) is 1.02. The fourth-order valence-corrected chi connectivity index (χ4v) is 3.64. The van der Waals surface area contributed by atoms with Gasteiger partial charge in [-0.2, -0.15) is 5.10 Å². The number of nitrogens with one attached hydrogen (secondary N) is 1. The minimum atomic E-state index is -0.168. The predicted molar refractivity (Wildman–Crippen MR) is 127 cm³/mol. The lowest BCUT2D eigenvalue weighted by Gasteiger charge is -2.13. The van der Waals surface area contributed by atoms with Crippen molar-refractivity contribution < 1.29 is 14.3 Å². The third-order valence-corrected chi connectivity index (χ3v) is 5.33. The summed E-state index contributed by atoms with van der Waals surface area (Å²) >= 11 is 3.54. The molecule has 0 unspecified atom stereocenters. The summed E-state index contributed by atoms with van der Waals surface area (Å²) in [6.45, 7) is 4.44. The normalized spacial score (nSPS) is 10.8. The van der Waals surface area contributed by atoms with E-state index in [-0.39, 0.29) is 12.3 Å². The molecule has 31 heavy (non-hydrogen) atoms. The van der Waals surface area contributed by atoms with Crippen LogP contribution in [0.25, 0.3) is 0 Å². The van der Waals surface area contributed by atoms with Crippen LogP contribution in [0.4, 0.5) is 0 Å². The average molecular weight is 481 g/mol. The maximum atomic E-state index is 12.3. The molecule has 0 saturated heterocycles. The van der Waals surface area contributed by atoms with Gasteiger partial charge in [0.05, 0.1) is 24.2 Å². The molecular weight excluding hydrogens is 456 g/mol. The number of nitrogens with zero attached hydrogens (tertiary/aromatic N) is 1. The van der Waals surface area contributed by atoms with Crippen molar-refractivity contribution in [2.75, 3.05) is 7.11 Å². The first kappa shape index (κ1) is 22.6. The number of aryl methyl sites for hydroxylation is 2. The molecule has 1 N–H and O–H groups in total. The molecule has 5 nitrogen and oxygen atoms in total. The summed E-state index contributed by atoms with van der Waals surface area (Å²) in [5.41, 5.74) is 7.63. The van der Waals surface area contributed by atoms with Crippen molar-refractivity contribution in [3.8, 4) is 11.5 Å². The van der Waals surface area contributed by atoms with E-state index < -0.39 is 0 Å². The van der Waals surface area contributed by atoms with Crippen LogP contribution >= 0.6 is 15.9 Å². The van der Waals surface area contributed by atoms with Crippen molar-refractivity contribution in [1.82, 2.24) is 5.43 Å². The van der Waals surface area contributed by atoms with Crippen LogP contribution in [0.2, 0.25) is 0 Å². The molecule has 0 aromatic heterocycles. The number of hydrogen-bond acceptors (Lipinski definition) is 4. The van der Waals surface area contributed by atoms with Crippen molar-refractivity contribution >= 4 is 28.1 Å². The van der Waals surface area contributed by atoms with Gasteiger partial charge in [-0.1, -0.05) is 54.1 Å². The third kappa shape index (κ3) is 6.43. The maximum Gasteiger partial charge on any atom is 0.244 e. The molecule has 0 fully saturated rings. The lowest BCUT2D eigenvalue weighted by molar-refractivity contribution is -0.120. The van der Waals surface area contributed by atoms with Gasteiger partial charge in [-0.05, 0) is 64.2 Å². The second-order valence-electron chi connectivity index (χ2n) is 7.21. The highest BCUT2D eigenvalue weighted by molar-refractivity contribution is 9.10. The van der Waals surface area contributed by atoms with Gasteiger partial charge >= 0.3 is 0 Å². The monoisotopic (exact) mass is 480 g/mol. The summed E-state index contributed by atoms with van der Waals surface area (Å²) in [6, 6.07) is 19.7. The van der Waals surface area contributed by atoms with Gasteiger partial charge in [0.25, 0.3) is 0 Å². The van der Waals surface area contributed by atoms with Gasteiger partial charge in [-0.25, -0.2) is 5.43 Å². The highest BCUT2D eigenvalue weighted by Crippen LogP contribution is 2.36. The molecular formula is C25H25BrN2O3. The zero-order chi connectivity index (χ0) is 22.2. The second kappa shape index (κ2) is 10.8. The molecule has 3 rings (SSSR count). The molecule has 0 aliphatic carbocycles. The summed E-state index contributed by atoms with van der Waals surface area (Å²) in [5, 5.41) is 4.09. The Balaban J connectivity index is 1.64. The van der Waals surface area contributed by atoms with E-state index in [1.165, 1.54) is 0 Å². The quantitative estimate of drug-likeness (QED) is 0.349. The van der Waals surface area contributed by atoms with Crippen LogP contribution in [0.1, 0.15) is 27.8 Å². The zero-order valence-electron chi connectivity index (χ0n) is 17.8. The molecule has 6 heteroatoms. The van der Waals surface area contributed by atoms with Gasteiger partial charge in [-0.3, -0.25) is 4.79 Å². The first-order valence-electron chi connectivity index (χ1n) is 9.88. The zero-order valence-corrected chi connectivity index (χ0v) is 19.4. The van der Waals surface area contributed by atoms with Crippen molar-refractivity contribution in [1.29, 1.82) is 0 Å². The first-order chi connectivity index (χ1) is 15.0. The van der Waals surface area contributed by atoms with Crippen LogP contribution < -0.4 is 14.9 Å². The van der Waals surface area contributed by atoms with Crippen LogP contribution in [0.15, 0.2) is 70.2 Å². The van der Waals surface area contributed by atoms with E-state index >= 15 is 0 Å². The molecule has 0 atom stereocenters. The van der Waals surface area contributed by atoms with E-state index in [0.717, 1.165) is 32.3 Å². The minimum absolute atomic E-state index is 0.168. The number of halogens is 1. The average Bonchev–Trinajstić information content (AvgIpc) is 2.76. The molecule has 0 heterocycles. The van der Waals surface area contributed by atoms with Gasteiger partial charge in [0.15, 0.2) is 11.5 Å². The Bertz CT molecular complexity index is 1080. The summed E-state index contributed by atoms with van der Waals surface area (Å²) in [4.78, 5) is 12.3. The Morgan fingerprint density at radius 1 is 1.10 bits per heavy atom. The maximum absolute atomic E-state index is 12.3. The van der Waals surface area contributed by atoms with E-state index in [0.29, 0.717) is 18.1 Å². The van der Waals surface area contributed by atoms with Gasteiger partial charge in [0.2, 0.25) is 5.91 Å². The highest BCUT2D eigenvalue weighted by atomic mass is 79.9. The van der Waals surface area contributed by atoms with E-state index in [9.17, 15) is 4.79 Å². The molecule has 0 radical (unpaired) electrons. The fourth-order valence-electron chi connectivity index (χ4n) is 3.07. The number of carbonyl (C=O) groups excluding carboxylic acids is 1. The molecule has 0 spiro atoms. The predicted octanol–water partition coefficient (Wildman–Crippen LogP) is 5.35. The summed E-state index contributed by atoms with van der Waals surface area (Å²) in [7, 11) is 1.59. The number of methoxy groups -OCH3 is 1. The number of carbonyl (C=O) groups is 1. The Morgan fingerprint density at radius 3 is 2.61 bits per heavy atom. The number of hydrazone groups is 1. The molecule has 0 aliphatic rings. The Morgan fingerprint density at radius 2 is 1.87 bits per heavy atom. The van der Waals surface area contributed by atoms with E-state index in [4.69, 9.17) is 9.47 Å². The van der Waals surface area contributed by atoms with E-state index in [2.05, 4.69) is 26.5 Å². The molecule has 160 valence electrons. The van der Waals surface area contributed by atoms with Gasteiger partial charge in [-0.15, -0.1) is 0 Å². The van der Waals surface area contributed by atoms with Crippen molar-refractivity contribution in [2.45, 2.75) is 26.9 Å². The number of ether oxygens (including phenoxy) is 2. The van der Waals surface area contributed by atoms with Gasteiger partial charge in [0, 0.05) is 0 Å². The molecule has 0 bridgehead atoms. The van der Waals surface area contributed by atoms with Crippen molar-refractivity contribution in [3.63, 3.8) is 0 Å². The molecule has 1 amide bonds. The Hall–Kier alpha value is -3.12. The lowest BCUT2D eigenvalue weighted by atomic mass is 10.0. The summed E-state index contributed by atoms with van der Waals surface area (Å²) in [6.07, 6.45) is 1.86. The fraction of sp³-hybridized carbons (Fsp3) is 0.200. The summed E-state index contributed by atoms with van der Waals surface area (Å²) < 4.78 is 12.2. The minimum Gasteiger partial charge on any atom is -0.493 e. The smallest absolute Gasteiger partial charge is 0.244 e. The van der Waals surface area contributed by atoms with Gasteiger partial charge < -0.3 is 9.47 Å². The molecule has 0 saturated carbocycles. The lowest BCUT2D eigenvalue weighted by Crippen LogP contribution is -2.20. The number of amides is 1. The molecule has 3 aromatic rings. The van der Waals surface area contributed by atoms with Crippen molar-refractivity contribution in [2.24, 2.45) is 5.10 Å². The van der Waals surface area contributed by atoms with Crippen molar-refractivity contribution in [3.05, 3.63) is 93.0 Å². The van der Waals surface area contributed by atoms with Crippen LogP contribution in [0.5, 0.6) is 11.5 Å². The van der Waals surface area contributed by atoms with Crippen LogP contribution in [0, 0.1) is 13.8 Å². The van der Waals surface area contributed by atoms with Crippen LogP contribution in [-0.2, 0) is 17.8 Å². The van der Waals surface area contributed by atoms with Crippen LogP contribution in [0.3, 0.4) is 0 Å². The second-order valence-corrected chi connectivity index (χ2v) is 8.06.